The second-order valence-electron chi connectivity index (χ2n) is 6.40. The zero-order valence-corrected chi connectivity index (χ0v) is 16.5. The van der Waals surface area contributed by atoms with Crippen molar-refractivity contribution >= 4 is 39.1 Å². The summed E-state index contributed by atoms with van der Waals surface area (Å²) >= 11 is 5.78. The number of benzene rings is 2. The average molecular weight is 422 g/mol. The van der Waals surface area contributed by atoms with E-state index in [-0.39, 0.29) is 11.4 Å². The van der Waals surface area contributed by atoms with Crippen molar-refractivity contribution in [3.8, 4) is 0 Å². The third-order valence-corrected chi connectivity index (χ3v) is 6.70. The molecule has 1 fully saturated rings. The summed E-state index contributed by atoms with van der Waals surface area (Å²) in [7, 11) is -3.64. The fourth-order valence-electron chi connectivity index (χ4n) is 3.07. The highest BCUT2D eigenvalue weighted by atomic mass is 35.5. The maximum Gasteiger partial charge on any atom is 0.313 e. The van der Waals surface area contributed by atoms with Crippen molar-refractivity contribution in [2.24, 2.45) is 0 Å². The van der Waals surface area contributed by atoms with E-state index in [0.29, 0.717) is 30.1 Å². The first-order chi connectivity index (χ1) is 13.4. The topological polar surface area (TPSA) is 95.6 Å². The standard InChI is InChI=1S/C19H20ClN3O4S/c20-14-8-10-15(11-9-14)22-19(25)18(24)21-13-16-5-4-12-23(16)28(26,27)17-6-2-1-3-7-17/h1-3,6-11,16H,4-5,12-13H2,(H,21,24)(H,22,25)/t16-/m1/s1. The molecule has 2 amide bonds. The smallest absolute Gasteiger partial charge is 0.313 e. The summed E-state index contributed by atoms with van der Waals surface area (Å²) in [5.41, 5.74) is 0.443. The van der Waals surface area contributed by atoms with Crippen molar-refractivity contribution in [3.05, 3.63) is 59.6 Å². The number of nitrogens with zero attached hydrogens (tertiary/aromatic N) is 1. The third-order valence-electron chi connectivity index (χ3n) is 4.48. The fraction of sp³-hybridized carbons (Fsp3) is 0.263. The molecule has 1 atom stereocenters. The van der Waals surface area contributed by atoms with Gasteiger partial charge in [0.05, 0.1) is 4.90 Å². The molecule has 0 saturated carbocycles. The van der Waals surface area contributed by atoms with Crippen LogP contribution in [0.15, 0.2) is 59.5 Å². The Kier molecular flexibility index (Phi) is 6.33. The molecule has 1 aliphatic heterocycles. The summed E-state index contributed by atoms with van der Waals surface area (Å²) in [5.74, 6) is -1.64. The Balaban J connectivity index is 1.59. The van der Waals surface area contributed by atoms with Crippen LogP contribution in [0.1, 0.15) is 12.8 Å². The predicted octanol–water partition coefficient (Wildman–Crippen LogP) is 2.25. The van der Waals surface area contributed by atoms with Crippen LogP contribution in [0, 0.1) is 0 Å². The highest BCUT2D eigenvalue weighted by Crippen LogP contribution is 2.25. The maximum absolute atomic E-state index is 12.8. The molecule has 1 saturated heterocycles. The summed E-state index contributed by atoms with van der Waals surface area (Å²) in [6.07, 6.45) is 1.31. The lowest BCUT2D eigenvalue weighted by Crippen LogP contribution is -2.45. The number of hydrogen-bond donors (Lipinski definition) is 2. The van der Waals surface area contributed by atoms with Gasteiger partial charge in [0.15, 0.2) is 0 Å². The van der Waals surface area contributed by atoms with E-state index in [1.54, 1.807) is 54.6 Å². The van der Waals surface area contributed by atoms with Gasteiger partial charge in [0, 0.05) is 29.8 Å². The summed E-state index contributed by atoms with van der Waals surface area (Å²) in [5, 5.41) is 5.51. The molecular formula is C19H20ClN3O4S. The minimum absolute atomic E-state index is 0.0684. The Morgan fingerprint density at radius 1 is 1.04 bits per heavy atom. The van der Waals surface area contributed by atoms with Crippen LogP contribution in [-0.4, -0.2) is 43.7 Å². The number of nitrogens with one attached hydrogen (secondary N) is 2. The molecular weight excluding hydrogens is 402 g/mol. The van der Waals surface area contributed by atoms with Gasteiger partial charge in [0.1, 0.15) is 0 Å². The number of sulfonamides is 1. The largest absolute Gasteiger partial charge is 0.346 e. The first-order valence-electron chi connectivity index (χ1n) is 8.79. The van der Waals surface area contributed by atoms with E-state index in [9.17, 15) is 18.0 Å². The van der Waals surface area contributed by atoms with Gasteiger partial charge in [0.25, 0.3) is 0 Å². The van der Waals surface area contributed by atoms with E-state index in [4.69, 9.17) is 11.6 Å². The van der Waals surface area contributed by atoms with Crippen LogP contribution in [0.2, 0.25) is 5.02 Å². The molecule has 2 aromatic rings. The Bertz CT molecular complexity index is 949. The Labute approximate surface area is 168 Å². The lowest BCUT2D eigenvalue weighted by Gasteiger charge is -2.24. The number of carbonyl (C=O) groups excluding carboxylic acids is 2. The third kappa shape index (κ3) is 4.70. The van der Waals surface area contributed by atoms with Crippen LogP contribution in [0.25, 0.3) is 0 Å². The van der Waals surface area contributed by atoms with Crippen LogP contribution in [0.3, 0.4) is 0 Å². The van der Waals surface area contributed by atoms with Crippen molar-refractivity contribution in [1.82, 2.24) is 9.62 Å². The molecule has 1 heterocycles. The summed E-state index contributed by atoms with van der Waals surface area (Å²) in [6, 6.07) is 14.1. The molecule has 0 aromatic heterocycles. The summed E-state index contributed by atoms with van der Waals surface area (Å²) < 4.78 is 27.0. The molecule has 0 aliphatic carbocycles. The molecule has 9 heteroatoms. The number of anilines is 1. The highest BCUT2D eigenvalue weighted by molar-refractivity contribution is 7.89. The second kappa shape index (κ2) is 8.72. The van der Waals surface area contributed by atoms with E-state index in [0.717, 1.165) is 0 Å². The first kappa shape index (κ1) is 20.3. The van der Waals surface area contributed by atoms with Gasteiger partial charge in [-0.25, -0.2) is 8.42 Å². The van der Waals surface area contributed by atoms with E-state index < -0.39 is 27.9 Å². The molecule has 2 N–H and O–H groups in total. The van der Waals surface area contributed by atoms with Gasteiger partial charge < -0.3 is 10.6 Å². The van der Waals surface area contributed by atoms with Gasteiger partial charge in [-0.1, -0.05) is 29.8 Å². The maximum atomic E-state index is 12.8. The molecule has 2 aromatic carbocycles. The Morgan fingerprint density at radius 2 is 1.71 bits per heavy atom. The normalized spacial score (nSPS) is 17.2. The average Bonchev–Trinajstić information content (AvgIpc) is 3.18. The van der Waals surface area contributed by atoms with Crippen molar-refractivity contribution < 1.29 is 18.0 Å². The zero-order chi connectivity index (χ0) is 20.1. The molecule has 7 nitrogen and oxygen atoms in total. The molecule has 3 rings (SSSR count). The first-order valence-corrected chi connectivity index (χ1v) is 10.6. The van der Waals surface area contributed by atoms with Gasteiger partial charge in [-0.05, 0) is 49.2 Å². The molecule has 0 radical (unpaired) electrons. The number of halogens is 1. The lowest BCUT2D eigenvalue weighted by atomic mass is 10.2. The van der Waals surface area contributed by atoms with E-state index >= 15 is 0 Å². The highest BCUT2D eigenvalue weighted by Gasteiger charge is 2.35. The minimum Gasteiger partial charge on any atom is -0.346 e. The number of amides is 2. The number of rotatable bonds is 5. The number of hydrogen-bond acceptors (Lipinski definition) is 4. The fourth-order valence-corrected chi connectivity index (χ4v) is 4.91. The van der Waals surface area contributed by atoms with Crippen molar-refractivity contribution in [1.29, 1.82) is 0 Å². The SMILES string of the molecule is O=C(NC[C@H]1CCCN1S(=O)(=O)c1ccccc1)C(=O)Nc1ccc(Cl)cc1. The van der Waals surface area contributed by atoms with Crippen LogP contribution in [-0.2, 0) is 19.6 Å². The van der Waals surface area contributed by atoms with Gasteiger partial charge >= 0.3 is 11.8 Å². The van der Waals surface area contributed by atoms with Gasteiger partial charge in [-0.15, -0.1) is 0 Å². The van der Waals surface area contributed by atoms with Gasteiger partial charge in [-0.3, -0.25) is 9.59 Å². The summed E-state index contributed by atoms with van der Waals surface area (Å²) in [4.78, 5) is 24.3. The van der Waals surface area contributed by atoms with Crippen LogP contribution in [0.4, 0.5) is 5.69 Å². The predicted molar refractivity (Wildman–Crippen MR) is 106 cm³/mol. The molecule has 0 unspecified atom stereocenters. The molecule has 28 heavy (non-hydrogen) atoms. The lowest BCUT2D eigenvalue weighted by molar-refractivity contribution is -0.136. The summed E-state index contributed by atoms with van der Waals surface area (Å²) in [6.45, 7) is 0.452. The molecule has 148 valence electrons. The van der Waals surface area contributed by atoms with Crippen molar-refractivity contribution in [2.75, 3.05) is 18.4 Å². The Hall–Kier alpha value is -2.42. The van der Waals surface area contributed by atoms with E-state index in [1.807, 2.05) is 0 Å². The van der Waals surface area contributed by atoms with E-state index in [1.165, 1.54) is 4.31 Å². The quantitative estimate of drug-likeness (QED) is 0.724. The molecule has 0 spiro atoms. The van der Waals surface area contributed by atoms with Crippen LogP contribution >= 0.6 is 11.6 Å². The monoisotopic (exact) mass is 421 g/mol. The van der Waals surface area contributed by atoms with Crippen molar-refractivity contribution in [2.45, 2.75) is 23.8 Å². The van der Waals surface area contributed by atoms with Crippen LogP contribution in [0.5, 0.6) is 0 Å². The van der Waals surface area contributed by atoms with Crippen molar-refractivity contribution in [3.63, 3.8) is 0 Å². The second-order valence-corrected chi connectivity index (χ2v) is 8.72. The van der Waals surface area contributed by atoms with Crippen LogP contribution < -0.4 is 10.6 Å². The number of carbonyl (C=O) groups is 2. The van der Waals surface area contributed by atoms with Gasteiger partial charge in [0.2, 0.25) is 10.0 Å². The Morgan fingerprint density at radius 3 is 2.39 bits per heavy atom. The molecule has 0 bridgehead atoms. The zero-order valence-electron chi connectivity index (χ0n) is 15.0. The van der Waals surface area contributed by atoms with Gasteiger partial charge in [-0.2, -0.15) is 4.31 Å². The molecule has 1 aliphatic rings. The van der Waals surface area contributed by atoms with E-state index in [2.05, 4.69) is 10.6 Å². The minimum atomic E-state index is -3.64.